The molecule has 0 aliphatic carbocycles. The molecule has 8 heteroatoms. The number of nitro benzene ring substituents is 1. The molecule has 6 nitrogen and oxygen atoms in total. The summed E-state index contributed by atoms with van der Waals surface area (Å²) in [4.78, 5) is 17.0. The number of rotatable bonds is 3. The highest BCUT2D eigenvalue weighted by molar-refractivity contribution is 5.61. The Morgan fingerprint density at radius 1 is 1.32 bits per heavy atom. The summed E-state index contributed by atoms with van der Waals surface area (Å²) >= 11 is 0. The van der Waals surface area contributed by atoms with Crippen LogP contribution in [0.5, 0.6) is 0 Å². The van der Waals surface area contributed by atoms with Crippen molar-refractivity contribution >= 4 is 5.69 Å². The van der Waals surface area contributed by atoms with Crippen LogP contribution in [0.2, 0.25) is 0 Å². The van der Waals surface area contributed by atoms with Crippen molar-refractivity contribution in [2.75, 3.05) is 0 Å². The number of nitro groups is 1. The second kappa shape index (κ2) is 5.02. The van der Waals surface area contributed by atoms with E-state index < -0.39 is 34.4 Å². The molecule has 0 aliphatic rings. The third-order valence-electron chi connectivity index (χ3n) is 2.37. The van der Waals surface area contributed by atoms with Gasteiger partial charge in [0.05, 0.1) is 22.8 Å². The first-order valence-electron chi connectivity index (χ1n) is 5.10. The minimum atomic E-state index is -1.35. The Hall–Kier alpha value is -2.48. The fraction of sp³-hybridized carbons (Fsp3) is 0.0909. The Morgan fingerprint density at radius 2 is 2.05 bits per heavy atom. The summed E-state index contributed by atoms with van der Waals surface area (Å²) in [5.74, 6) is -2.72. The van der Waals surface area contributed by atoms with E-state index in [4.69, 9.17) is 5.11 Å². The Morgan fingerprint density at radius 3 is 2.68 bits per heavy atom. The van der Waals surface area contributed by atoms with Gasteiger partial charge in [-0.15, -0.1) is 0 Å². The van der Waals surface area contributed by atoms with Crippen molar-refractivity contribution in [1.29, 1.82) is 0 Å². The van der Waals surface area contributed by atoms with Crippen LogP contribution < -0.4 is 0 Å². The summed E-state index contributed by atoms with van der Waals surface area (Å²) in [6.45, 7) is -0.437. The number of nitrogens with zero attached hydrogens (tertiary/aromatic N) is 3. The minimum absolute atomic E-state index is 0.148. The molecule has 1 N–H and O–H groups in total. The number of hydrogen-bond donors (Lipinski definition) is 1. The SMILES string of the molecule is O=[N+]([O-])c1ccc(F)c(-c2nccc(CO)n2)c1F. The fourth-order valence-electron chi connectivity index (χ4n) is 1.49. The maximum atomic E-state index is 13.9. The predicted molar refractivity (Wildman–Crippen MR) is 60.0 cm³/mol. The van der Waals surface area contributed by atoms with Gasteiger partial charge in [0.2, 0.25) is 5.82 Å². The molecule has 0 bridgehead atoms. The van der Waals surface area contributed by atoms with Crippen molar-refractivity contribution in [2.24, 2.45) is 0 Å². The summed E-state index contributed by atoms with van der Waals surface area (Å²) in [5, 5.41) is 19.5. The second-order valence-electron chi connectivity index (χ2n) is 3.54. The minimum Gasteiger partial charge on any atom is -0.390 e. The van der Waals surface area contributed by atoms with E-state index >= 15 is 0 Å². The average Bonchev–Trinajstić information content (AvgIpc) is 2.38. The smallest absolute Gasteiger partial charge is 0.305 e. The summed E-state index contributed by atoms with van der Waals surface area (Å²) in [6, 6.07) is 2.85. The molecule has 0 aliphatic heterocycles. The van der Waals surface area contributed by atoms with Crippen molar-refractivity contribution in [1.82, 2.24) is 9.97 Å². The first-order chi connectivity index (χ1) is 9.04. The quantitative estimate of drug-likeness (QED) is 0.676. The Balaban J connectivity index is 2.66. The van der Waals surface area contributed by atoms with Crippen LogP contribution in [0.4, 0.5) is 14.5 Å². The highest BCUT2D eigenvalue weighted by Crippen LogP contribution is 2.29. The molecule has 1 aromatic heterocycles. The van der Waals surface area contributed by atoms with Gasteiger partial charge < -0.3 is 5.11 Å². The molecule has 2 rings (SSSR count). The Kier molecular flexibility index (Phi) is 3.43. The van der Waals surface area contributed by atoms with Gasteiger partial charge in [-0.2, -0.15) is 4.39 Å². The van der Waals surface area contributed by atoms with Gasteiger partial charge in [0, 0.05) is 12.3 Å². The van der Waals surface area contributed by atoms with Gasteiger partial charge in [0.15, 0.2) is 5.82 Å². The van der Waals surface area contributed by atoms with Crippen molar-refractivity contribution in [2.45, 2.75) is 6.61 Å². The molecule has 2 aromatic rings. The molecule has 0 amide bonds. The summed E-state index contributed by atoms with van der Waals surface area (Å²) in [7, 11) is 0. The monoisotopic (exact) mass is 267 g/mol. The first kappa shape index (κ1) is 13.0. The number of halogens is 2. The van der Waals surface area contributed by atoms with Gasteiger partial charge in [-0.3, -0.25) is 10.1 Å². The van der Waals surface area contributed by atoms with Crippen molar-refractivity contribution < 1.29 is 18.8 Å². The average molecular weight is 267 g/mol. The zero-order chi connectivity index (χ0) is 14.0. The van der Waals surface area contributed by atoms with Crippen LogP contribution >= 0.6 is 0 Å². The van der Waals surface area contributed by atoms with E-state index in [1.54, 1.807) is 0 Å². The molecule has 1 heterocycles. The standard InChI is InChI=1S/C11H7F2N3O3/c12-7-1-2-8(16(18)19)10(13)9(7)11-14-4-3-6(5-17)15-11/h1-4,17H,5H2. The fourth-order valence-corrected chi connectivity index (χ4v) is 1.49. The maximum Gasteiger partial charge on any atom is 0.305 e. The lowest BCUT2D eigenvalue weighted by molar-refractivity contribution is -0.387. The summed E-state index contributed by atoms with van der Waals surface area (Å²) < 4.78 is 27.5. The molecule has 0 saturated carbocycles. The van der Waals surface area contributed by atoms with Gasteiger partial charge in [0.1, 0.15) is 5.82 Å². The third-order valence-corrected chi connectivity index (χ3v) is 2.37. The Bertz CT molecular complexity index is 649. The maximum absolute atomic E-state index is 13.9. The largest absolute Gasteiger partial charge is 0.390 e. The lowest BCUT2D eigenvalue weighted by atomic mass is 10.1. The molecule has 0 fully saturated rings. The van der Waals surface area contributed by atoms with Gasteiger partial charge in [0.25, 0.3) is 0 Å². The molecular formula is C11H7F2N3O3. The molecule has 0 radical (unpaired) electrons. The van der Waals surface area contributed by atoms with E-state index in [1.165, 1.54) is 12.3 Å². The predicted octanol–water partition coefficient (Wildman–Crippen LogP) is 1.82. The molecule has 0 saturated heterocycles. The summed E-state index contributed by atoms with van der Waals surface area (Å²) in [5.41, 5.74) is -1.41. The van der Waals surface area contributed by atoms with Crippen LogP contribution in [0.1, 0.15) is 5.69 Å². The van der Waals surface area contributed by atoms with Crippen LogP contribution in [-0.2, 0) is 6.61 Å². The molecule has 0 atom stereocenters. The number of benzene rings is 1. The van der Waals surface area contributed by atoms with E-state index in [-0.39, 0.29) is 11.5 Å². The van der Waals surface area contributed by atoms with Crippen LogP contribution in [0.25, 0.3) is 11.4 Å². The number of hydrogen-bond acceptors (Lipinski definition) is 5. The van der Waals surface area contributed by atoms with Crippen LogP contribution in [0.15, 0.2) is 24.4 Å². The van der Waals surface area contributed by atoms with Crippen LogP contribution in [0, 0.1) is 21.7 Å². The van der Waals surface area contributed by atoms with Crippen molar-refractivity contribution in [3.05, 3.63) is 51.8 Å². The lowest BCUT2D eigenvalue weighted by Crippen LogP contribution is -2.02. The molecule has 98 valence electrons. The first-order valence-corrected chi connectivity index (χ1v) is 5.10. The summed E-state index contributed by atoms with van der Waals surface area (Å²) in [6.07, 6.45) is 1.20. The van der Waals surface area contributed by atoms with Crippen LogP contribution in [0.3, 0.4) is 0 Å². The van der Waals surface area contributed by atoms with E-state index in [0.29, 0.717) is 0 Å². The van der Waals surface area contributed by atoms with Crippen LogP contribution in [-0.4, -0.2) is 20.0 Å². The van der Waals surface area contributed by atoms with Gasteiger partial charge in [-0.05, 0) is 12.1 Å². The van der Waals surface area contributed by atoms with Crippen molar-refractivity contribution in [3.8, 4) is 11.4 Å². The normalized spacial score (nSPS) is 10.5. The zero-order valence-corrected chi connectivity index (χ0v) is 9.38. The van der Waals surface area contributed by atoms with Gasteiger partial charge in [-0.25, -0.2) is 14.4 Å². The molecule has 0 spiro atoms. The highest BCUT2D eigenvalue weighted by atomic mass is 19.1. The second-order valence-corrected chi connectivity index (χ2v) is 3.54. The molecule has 0 unspecified atom stereocenters. The Labute approximate surface area is 105 Å². The van der Waals surface area contributed by atoms with Gasteiger partial charge in [-0.1, -0.05) is 0 Å². The van der Waals surface area contributed by atoms with Gasteiger partial charge >= 0.3 is 5.69 Å². The number of aliphatic hydroxyl groups excluding tert-OH is 1. The third kappa shape index (κ3) is 2.38. The number of aliphatic hydroxyl groups is 1. The number of aromatic nitrogens is 2. The van der Waals surface area contributed by atoms with E-state index in [9.17, 15) is 18.9 Å². The highest BCUT2D eigenvalue weighted by Gasteiger charge is 2.24. The molecule has 19 heavy (non-hydrogen) atoms. The molecule has 1 aromatic carbocycles. The topological polar surface area (TPSA) is 89.2 Å². The van der Waals surface area contributed by atoms with E-state index in [2.05, 4.69) is 9.97 Å². The van der Waals surface area contributed by atoms with Crippen molar-refractivity contribution in [3.63, 3.8) is 0 Å². The lowest BCUT2D eigenvalue weighted by Gasteiger charge is -2.05. The molecular weight excluding hydrogens is 260 g/mol. The van der Waals surface area contributed by atoms with E-state index in [0.717, 1.165) is 12.1 Å². The zero-order valence-electron chi connectivity index (χ0n) is 9.38. The van der Waals surface area contributed by atoms with E-state index in [1.807, 2.05) is 0 Å².